The van der Waals surface area contributed by atoms with Gasteiger partial charge in [-0.2, -0.15) is 0 Å². The van der Waals surface area contributed by atoms with Crippen molar-refractivity contribution in [2.45, 2.75) is 109 Å². The zero-order valence-corrected chi connectivity index (χ0v) is 20.0. The minimum Gasteiger partial charge on any atom is -0.390 e. The molecule has 4 heteroatoms. The third-order valence-corrected chi connectivity index (χ3v) is 8.59. The van der Waals surface area contributed by atoms with E-state index in [0.29, 0.717) is 29.2 Å². The van der Waals surface area contributed by atoms with Crippen molar-refractivity contribution in [1.29, 1.82) is 0 Å². The molecule has 3 rings (SSSR count). The highest BCUT2D eigenvalue weighted by Crippen LogP contribution is 2.60. The van der Waals surface area contributed by atoms with Crippen LogP contribution >= 0.6 is 0 Å². The minimum absolute atomic E-state index is 0.329. The van der Waals surface area contributed by atoms with Crippen molar-refractivity contribution < 1.29 is 20.4 Å². The topological polar surface area (TPSA) is 80.9 Å². The van der Waals surface area contributed by atoms with Gasteiger partial charge in [-0.25, -0.2) is 0 Å². The van der Waals surface area contributed by atoms with E-state index in [1.807, 2.05) is 19.9 Å². The molecule has 3 aliphatic carbocycles. The standard InChI is InChI=1S/C27H44O4/c1-17(8-6-14-26(3,4)31)21-12-13-22-19(9-7-15-27(21,22)5)10-11-20-16-23(28)25(30)24(29)18(20)2/h10-11,17,21-25,28-31H,2,6-9,12-16H2,1,3-5H3/b19-10+,20-11-/t17-,21-,22+,23-,24?,25?,27-/m1/s1. The van der Waals surface area contributed by atoms with E-state index in [-0.39, 0.29) is 0 Å². The largest absolute Gasteiger partial charge is 0.390 e. The molecular weight excluding hydrogens is 388 g/mol. The van der Waals surface area contributed by atoms with E-state index in [2.05, 4.69) is 26.5 Å². The molecule has 4 N–H and O–H groups in total. The fourth-order valence-electron chi connectivity index (χ4n) is 6.74. The van der Waals surface area contributed by atoms with Crippen LogP contribution in [0.3, 0.4) is 0 Å². The van der Waals surface area contributed by atoms with E-state index in [9.17, 15) is 20.4 Å². The van der Waals surface area contributed by atoms with Crippen LogP contribution in [-0.2, 0) is 0 Å². The summed E-state index contributed by atoms with van der Waals surface area (Å²) in [6, 6.07) is 0. The maximum atomic E-state index is 10.1. The lowest BCUT2D eigenvalue weighted by molar-refractivity contribution is -0.0530. The molecule has 0 heterocycles. The van der Waals surface area contributed by atoms with Crippen LogP contribution in [0.1, 0.15) is 85.5 Å². The number of aliphatic hydroxyl groups is 4. The molecule has 0 spiro atoms. The Morgan fingerprint density at radius 1 is 1.19 bits per heavy atom. The van der Waals surface area contributed by atoms with Crippen molar-refractivity contribution in [2.24, 2.45) is 23.2 Å². The summed E-state index contributed by atoms with van der Waals surface area (Å²) >= 11 is 0. The molecule has 0 radical (unpaired) electrons. The van der Waals surface area contributed by atoms with Crippen molar-refractivity contribution in [1.82, 2.24) is 0 Å². The Labute approximate surface area is 188 Å². The molecule has 7 atom stereocenters. The highest BCUT2D eigenvalue weighted by Gasteiger charge is 2.50. The minimum atomic E-state index is -1.15. The number of fused-ring (bicyclic) bond motifs is 1. The van der Waals surface area contributed by atoms with Crippen LogP contribution in [0.4, 0.5) is 0 Å². The van der Waals surface area contributed by atoms with Crippen molar-refractivity contribution in [3.05, 3.63) is 35.5 Å². The van der Waals surface area contributed by atoms with E-state index < -0.39 is 23.9 Å². The smallest absolute Gasteiger partial charge is 0.110 e. The molecule has 0 bridgehead atoms. The molecule has 3 aliphatic rings. The second-order valence-electron chi connectivity index (χ2n) is 11.4. The van der Waals surface area contributed by atoms with Gasteiger partial charge in [0.25, 0.3) is 0 Å². The summed E-state index contributed by atoms with van der Waals surface area (Å²) in [4.78, 5) is 0. The predicted octanol–water partition coefficient (Wildman–Crippen LogP) is 4.68. The summed E-state index contributed by atoms with van der Waals surface area (Å²) in [5, 5.41) is 40.1. The Hall–Kier alpha value is -0.940. The molecule has 0 amide bonds. The van der Waals surface area contributed by atoms with Crippen molar-refractivity contribution in [2.75, 3.05) is 0 Å². The van der Waals surface area contributed by atoms with E-state index in [1.54, 1.807) is 0 Å². The van der Waals surface area contributed by atoms with E-state index in [0.717, 1.165) is 30.8 Å². The zero-order valence-electron chi connectivity index (χ0n) is 20.0. The first-order chi connectivity index (χ1) is 14.4. The molecule has 2 unspecified atom stereocenters. The molecule has 0 saturated heterocycles. The highest BCUT2D eigenvalue weighted by molar-refractivity contribution is 5.40. The Balaban J connectivity index is 1.71. The van der Waals surface area contributed by atoms with Gasteiger partial charge in [-0.1, -0.05) is 51.0 Å². The van der Waals surface area contributed by atoms with Gasteiger partial charge in [0, 0.05) is 6.42 Å². The molecular formula is C27H44O4. The number of rotatable bonds is 6. The van der Waals surface area contributed by atoms with Gasteiger partial charge < -0.3 is 20.4 Å². The SMILES string of the molecule is C=C1/C(=C\C=C2/CCC[C@]3(C)[C@@H]([C@H](C)CCCC(C)(C)O)CC[C@@H]23)C[C@@H](O)C(O)C1O. The van der Waals surface area contributed by atoms with Crippen molar-refractivity contribution >= 4 is 0 Å². The van der Waals surface area contributed by atoms with Crippen LogP contribution in [0.5, 0.6) is 0 Å². The van der Waals surface area contributed by atoms with E-state index in [1.165, 1.54) is 37.7 Å². The molecule has 3 fully saturated rings. The molecule has 0 aromatic rings. The van der Waals surface area contributed by atoms with Crippen molar-refractivity contribution in [3.8, 4) is 0 Å². The van der Waals surface area contributed by atoms with Gasteiger partial charge in [-0.05, 0) is 86.7 Å². The average Bonchev–Trinajstić information content (AvgIpc) is 3.04. The quantitative estimate of drug-likeness (QED) is 0.491. The maximum absolute atomic E-state index is 10.1. The Morgan fingerprint density at radius 2 is 1.90 bits per heavy atom. The summed E-state index contributed by atoms with van der Waals surface area (Å²) in [6.07, 6.45) is 10.6. The lowest BCUT2D eigenvalue weighted by atomic mass is 9.60. The lowest BCUT2D eigenvalue weighted by Crippen LogP contribution is -2.43. The number of allylic oxidation sites excluding steroid dienone is 3. The van der Waals surface area contributed by atoms with Gasteiger partial charge >= 0.3 is 0 Å². The first kappa shape index (κ1) is 24.7. The molecule has 176 valence electrons. The van der Waals surface area contributed by atoms with Crippen LogP contribution in [0.2, 0.25) is 0 Å². The average molecular weight is 433 g/mol. The summed E-state index contributed by atoms with van der Waals surface area (Å²) in [5.41, 5.74) is 2.62. The molecule has 0 aromatic carbocycles. The van der Waals surface area contributed by atoms with E-state index in [4.69, 9.17) is 0 Å². The van der Waals surface area contributed by atoms with Gasteiger partial charge in [-0.3, -0.25) is 0 Å². The number of aliphatic hydroxyl groups excluding tert-OH is 3. The summed E-state index contributed by atoms with van der Waals surface area (Å²) in [6.45, 7) is 12.6. The normalized spacial score (nSPS) is 40.4. The van der Waals surface area contributed by atoms with Crippen molar-refractivity contribution in [3.63, 3.8) is 0 Å². The lowest BCUT2D eigenvalue weighted by Gasteiger charge is -2.44. The maximum Gasteiger partial charge on any atom is 0.110 e. The second kappa shape index (κ2) is 9.51. The van der Waals surface area contributed by atoms with E-state index >= 15 is 0 Å². The Morgan fingerprint density at radius 3 is 2.58 bits per heavy atom. The third-order valence-electron chi connectivity index (χ3n) is 8.59. The molecule has 31 heavy (non-hydrogen) atoms. The number of hydrogen-bond acceptors (Lipinski definition) is 4. The van der Waals surface area contributed by atoms with Crippen LogP contribution in [0, 0.1) is 23.2 Å². The zero-order chi connectivity index (χ0) is 23.0. The van der Waals surface area contributed by atoms with Gasteiger partial charge in [0.2, 0.25) is 0 Å². The highest BCUT2D eigenvalue weighted by atomic mass is 16.4. The summed E-state index contributed by atoms with van der Waals surface area (Å²) in [7, 11) is 0. The fraction of sp³-hybridized carbons (Fsp3) is 0.778. The molecule has 0 aromatic heterocycles. The summed E-state index contributed by atoms with van der Waals surface area (Å²) < 4.78 is 0. The van der Waals surface area contributed by atoms with Crippen LogP contribution in [0.15, 0.2) is 35.5 Å². The van der Waals surface area contributed by atoms with Crippen LogP contribution in [0.25, 0.3) is 0 Å². The molecule has 4 nitrogen and oxygen atoms in total. The molecule has 3 saturated carbocycles. The first-order valence-electron chi connectivity index (χ1n) is 12.3. The fourth-order valence-corrected chi connectivity index (χ4v) is 6.74. The Kier molecular flexibility index (Phi) is 7.57. The van der Waals surface area contributed by atoms with Crippen LogP contribution < -0.4 is 0 Å². The number of hydrogen-bond donors (Lipinski definition) is 4. The van der Waals surface area contributed by atoms with Gasteiger partial charge in [-0.15, -0.1) is 0 Å². The second-order valence-corrected chi connectivity index (χ2v) is 11.4. The van der Waals surface area contributed by atoms with Gasteiger partial charge in [0.05, 0.1) is 11.7 Å². The van der Waals surface area contributed by atoms with Gasteiger partial charge in [0.1, 0.15) is 12.2 Å². The monoisotopic (exact) mass is 432 g/mol. The van der Waals surface area contributed by atoms with Gasteiger partial charge in [0.15, 0.2) is 0 Å². The summed E-state index contributed by atoms with van der Waals surface area (Å²) in [5.74, 6) is 1.98. The predicted molar refractivity (Wildman–Crippen MR) is 125 cm³/mol. The molecule has 0 aliphatic heterocycles. The third kappa shape index (κ3) is 5.35. The Bertz CT molecular complexity index is 715. The van der Waals surface area contributed by atoms with Crippen LogP contribution in [-0.4, -0.2) is 44.3 Å². The first-order valence-corrected chi connectivity index (χ1v) is 12.3.